The van der Waals surface area contributed by atoms with Gasteiger partial charge in [-0.05, 0) is 56.2 Å². The molecule has 2 aromatic carbocycles. The quantitative estimate of drug-likeness (QED) is 0.475. The summed E-state index contributed by atoms with van der Waals surface area (Å²) < 4.78 is 55.3. The highest BCUT2D eigenvalue weighted by Crippen LogP contribution is 2.36. The first-order valence-electron chi connectivity index (χ1n) is 10.5. The van der Waals surface area contributed by atoms with Crippen LogP contribution >= 0.6 is 11.3 Å². The van der Waals surface area contributed by atoms with Crippen LogP contribution < -0.4 is 4.74 Å². The zero-order chi connectivity index (χ0) is 24.5. The molecular weight excluding hydrogens is 471 g/mol. The van der Waals surface area contributed by atoms with E-state index in [1.807, 2.05) is 6.92 Å². The number of alkyl halides is 3. The molecule has 1 N–H and O–H groups in total. The first kappa shape index (κ1) is 24.2. The number of hydrogen-bond donors (Lipinski definition) is 1. The minimum absolute atomic E-state index is 0.208. The van der Waals surface area contributed by atoms with Crippen LogP contribution in [0.25, 0.3) is 10.6 Å². The Bertz CT molecular complexity index is 1180. The lowest BCUT2D eigenvalue weighted by Gasteiger charge is -2.34. The van der Waals surface area contributed by atoms with Crippen molar-refractivity contribution in [1.29, 1.82) is 0 Å². The SMILES string of the molecule is Cc1cc(OCc2sc(-c3ccc(C(F)(F)F)cc3)nc2C)ccc1C1(C(=O)O)OCCCO1. The van der Waals surface area contributed by atoms with Crippen molar-refractivity contribution >= 4 is 17.3 Å². The molecule has 1 fully saturated rings. The van der Waals surface area contributed by atoms with Crippen molar-refractivity contribution < 1.29 is 37.3 Å². The zero-order valence-corrected chi connectivity index (χ0v) is 19.3. The maximum Gasteiger partial charge on any atom is 0.416 e. The summed E-state index contributed by atoms with van der Waals surface area (Å²) in [5.74, 6) is -2.51. The molecule has 0 saturated carbocycles. The Morgan fingerprint density at radius 2 is 1.82 bits per heavy atom. The van der Waals surface area contributed by atoms with Gasteiger partial charge in [-0.15, -0.1) is 11.3 Å². The summed E-state index contributed by atoms with van der Waals surface area (Å²) in [6.07, 6.45) is -3.76. The largest absolute Gasteiger partial charge is 0.488 e. The van der Waals surface area contributed by atoms with E-state index in [-0.39, 0.29) is 19.8 Å². The van der Waals surface area contributed by atoms with Gasteiger partial charge in [0.25, 0.3) is 5.79 Å². The van der Waals surface area contributed by atoms with Gasteiger partial charge >= 0.3 is 12.1 Å². The summed E-state index contributed by atoms with van der Waals surface area (Å²) in [6.45, 7) is 4.35. The van der Waals surface area contributed by atoms with E-state index in [2.05, 4.69) is 4.98 Å². The van der Waals surface area contributed by atoms with Crippen molar-refractivity contribution in [2.24, 2.45) is 0 Å². The number of nitrogens with zero attached hydrogens (tertiary/aromatic N) is 1. The van der Waals surface area contributed by atoms with E-state index >= 15 is 0 Å². The second-order valence-corrected chi connectivity index (χ2v) is 8.92. The Morgan fingerprint density at radius 1 is 1.15 bits per heavy atom. The summed E-state index contributed by atoms with van der Waals surface area (Å²) in [4.78, 5) is 17.2. The van der Waals surface area contributed by atoms with Crippen LogP contribution in [0.15, 0.2) is 42.5 Å². The number of thiazole rings is 1. The third-order valence-electron chi connectivity index (χ3n) is 5.46. The molecular formula is C24H22F3NO5S. The van der Waals surface area contributed by atoms with Gasteiger partial charge < -0.3 is 19.3 Å². The van der Waals surface area contributed by atoms with Crippen molar-refractivity contribution in [2.45, 2.75) is 38.8 Å². The average Bonchev–Trinajstić information content (AvgIpc) is 3.18. The number of ether oxygens (including phenoxy) is 3. The molecule has 180 valence electrons. The molecule has 1 aromatic heterocycles. The van der Waals surface area contributed by atoms with Crippen LogP contribution in [0.4, 0.5) is 13.2 Å². The van der Waals surface area contributed by atoms with Crippen LogP contribution in [0.3, 0.4) is 0 Å². The summed E-state index contributed by atoms with van der Waals surface area (Å²) in [6, 6.07) is 9.88. The molecule has 6 nitrogen and oxygen atoms in total. The van der Waals surface area contributed by atoms with Gasteiger partial charge in [0.1, 0.15) is 17.4 Å². The van der Waals surface area contributed by atoms with Gasteiger partial charge in [0.15, 0.2) is 0 Å². The molecule has 0 bridgehead atoms. The molecule has 0 unspecified atom stereocenters. The summed E-state index contributed by atoms with van der Waals surface area (Å²) in [5.41, 5.74) is 1.67. The van der Waals surface area contributed by atoms with Gasteiger partial charge in [-0.3, -0.25) is 0 Å². The molecule has 34 heavy (non-hydrogen) atoms. The summed E-state index contributed by atoms with van der Waals surface area (Å²) >= 11 is 1.34. The topological polar surface area (TPSA) is 77.9 Å². The number of carboxylic acids is 1. The number of aromatic nitrogens is 1. The fraction of sp³-hybridized carbons (Fsp3) is 0.333. The predicted molar refractivity (Wildman–Crippen MR) is 119 cm³/mol. The van der Waals surface area contributed by atoms with E-state index in [1.54, 1.807) is 25.1 Å². The summed E-state index contributed by atoms with van der Waals surface area (Å²) in [5, 5.41) is 10.3. The fourth-order valence-electron chi connectivity index (χ4n) is 3.66. The molecule has 0 spiro atoms. The van der Waals surface area contributed by atoms with E-state index in [1.165, 1.54) is 23.5 Å². The van der Waals surface area contributed by atoms with Crippen LogP contribution in [-0.4, -0.2) is 29.3 Å². The highest BCUT2D eigenvalue weighted by atomic mass is 32.1. The molecule has 2 heterocycles. The van der Waals surface area contributed by atoms with Gasteiger partial charge in [0.05, 0.1) is 29.3 Å². The number of carboxylic acid groups (broad SMARTS) is 1. The number of aryl methyl sites for hydroxylation is 2. The monoisotopic (exact) mass is 493 g/mol. The first-order valence-corrected chi connectivity index (χ1v) is 11.3. The van der Waals surface area contributed by atoms with E-state index in [0.29, 0.717) is 33.9 Å². The second kappa shape index (κ2) is 9.36. The number of rotatable bonds is 6. The lowest BCUT2D eigenvalue weighted by Crippen LogP contribution is -2.45. The number of carbonyl (C=O) groups is 1. The molecule has 10 heteroatoms. The van der Waals surface area contributed by atoms with Gasteiger partial charge in [-0.25, -0.2) is 9.78 Å². The highest BCUT2D eigenvalue weighted by molar-refractivity contribution is 7.15. The molecule has 1 saturated heterocycles. The number of benzene rings is 2. The van der Waals surface area contributed by atoms with Crippen molar-refractivity contribution in [1.82, 2.24) is 4.98 Å². The second-order valence-electron chi connectivity index (χ2n) is 7.84. The Labute approximate surface area is 197 Å². The molecule has 0 atom stereocenters. The van der Waals surface area contributed by atoms with Gasteiger partial charge in [-0.2, -0.15) is 13.2 Å². The molecule has 1 aliphatic rings. The van der Waals surface area contributed by atoms with E-state index < -0.39 is 23.5 Å². The van der Waals surface area contributed by atoms with E-state index in [9.17, 15) is 23.1 Å². The summed E-state index contributed by atoms with van der Waals surface area (Å²) in [7, 11) is 0. The molecule has 0 aliphatic carbocycles. The van der Waals surface area contributed by atoms with Crippen molar-refractivity contribution in [3.8, 4) is 16.3 Å². The number of aliphatic carboxylic acids is 1. The zero-order valence-electron chi connectivity index (χ0n) is 18.4. The predicted octanol–water partition coefficient (Wildman–Crippen LogP) is 5.70. The Balaban J connectivity index is 1.48. The lowest BCUT2D eigenvalue weighted by atomic mass is 9.99. The maximum atomic E-state index is 12.8. The Kier molecular flexibility index (Phi) is 6.66. The Morgan fingerprint density at radius 3 is 2.41 bits per heavy atom. The van der Waals surface area contributed by atoms with Gasteiger partial charge in [-0.1, -0.05) is 12.1 Å². The average molecular weight is 494 g/mol. The lowest BCUT2D eigenvalue weighted by molar-refractivity contribution is -0.273. The molecule has 1 aliphatic heterocycles. The molecule has 3 aromatic rings. The Hall–Kier alpha value is -2.95. The van der Waals surface area contributed by atoms with E-state index in [4.69, 9.17) is 14.2 Å². The third kappa shape index (κ3) is 4.79. The molecule has 4 rings (SSSR count). The number of halogens is 3. The van der Waals surface area contributed by atoms with Gasteiger partial charge in [0.2, 0.25) is 0 Å². The van der Waals surface area contributed by atoms with Crippen LogP contribution in [0.2, 0.25) is 0 Å². The van der Waals surface area contributed by atoms with Crippen LogP contribution in [0.1, 0.15) is 33.7 Å². The van der Waals surface area contributed by atoms with Gasteiger partial charge in [0, 0.05) is 11.1 Å². The normalized spacial score (nSPS) is 15.8. The van der Waals surface area contributed by atoms with Crippen molar-refractivity contribution in [3.05, 3.63) is 69.7 Å². The molecule has 0 radical (unpaired) electrons. The van der Waals surface area contributed by atoms with Crippen molar-refractivity contribution in [2.75, 3.05) is 13.2 Å². The molecule has 0 amide bonds. The fourth-order valence-corrected chi connectivity index (χ4v) is 4.64. The maximum absolute atomic E-state index is 12.8. The smallest absolute Gasteiger partial charge is 0.416 e. The third-order valence-corrected chi connectivity index (χ3v) is 6.64. The standard InChI is InChI=1S/C24H22F3NO5S/c1-14-12-18(8-9-19(14)23(22(29)30)32-10-3-11-33-23)31-13-20-15(2)28-21(34-20)16-4-6-17(7-5-16)24(25,26)27/h4-9,12H,3,10-11,13H2,1-2H3,(H,29,30). The highest BCUT2D eigenvalue weighted by Gasteiger charge is 2.46. The minimum atomic E-state index is -4.39. The number of hydrogen-bond acceptors (Lipinski definition) is 6. The minimum Gasteiger partial charge on any atom is -0.488 e. The van der Waals surface area contributed by atoms with Crippen LogP contribution in [-0.2, 0) is 32.8 Å². The van der Waals surface area contributed by atoms with Crippen LogP contribution in [0, 0.1) is 13.8 Å². The van der Waals surface area contributed by atoms with Crippen LogP contribution in [0.5, 0.6) is 5.75 Å². The van der Waals surface area contributed by atoms with Crippen molar-refractivity contribution in [3.63, 3.8) is 0 Å². The van der Waals surface area contributed by atoms with E-state index in [0.717, 1.165) is 22.7 Å². The first-order chi connectivity index (χ1) is 16.1.